The second-order valence-electron chi connectivity index (χ2n) is 4.02. The molecule has 0 aliphatic heterocycles. The fourth-order valence-electron chi connectivity index (χ4n) is 1.65. The molecule has 1 rings (SSSR count). The molecule has 0 fully saturated rings. The van der Waals surface area contributed by atoms with E-state index < -0.39 is 12.0 Å². The van der Waals surface area contributed by atoms with Crippen LogP contribution in [0.25, 0.3) is 0 Å². The maximum Gasteiger partial charge on any atom is 0.323 e. The molecule has 6 heteroatoms. The number of carbonyl (C=O) groups excluding carboxylic acids is 1. The number of urea groups is 1. The molecule has 2 amide bonds. The second-order valence-corrected chi connectivity index (χ2v) is 4.02. The molecule has 2 N–H and O–H groups in total. The van der Waals surface area contributed by atoms with Gasteiger partial charge in [0, 0.05) is 12.2 Å². The number of ether oxygens (including phenoxy) is 1. The van der Waals surface area contributed by atoms with E-state index in [1.54, 1.807) is 32.2 Å². The molecule has 19 heavy (non-hydrogen) atoms. The lowest BCUT2D eigenvalue weighted by molar-refractivity contribution is -0.137. The predicted molar refractivity (Wildman–Crippen MR) is 71.6 cm³/mol. The summed E-state index contributed by atoms with van der Waals surface area (Å²) in [7, 11) is 1.58. The van der Waals surface area contributed by atoms with Crippen LogP contribution in [-0.2, 0) is 4.79 Å². The average Bonchev–Trinajstić information content (AvgIpc) is 2.35. The topological polar surface area (TPSA) is 78.9 Å². The van der Waals surface area contributed by atoms with Crippen molar-refractivity contribution in [1.29, 1.82) is 0 Å². The van der Waals surface area contributed by atoms with Crippen molar-refractivity contribution in [2.45, 2.75) is 13.8 Å². The van der Waals surface area contributed by atoms with E-state index in [-0.39, 0.29) is 6.54 Å². The molecule has 1 aromatic carbocycles. The highest BCUT2D eigenvalue weighted by Gasteiger charge is 2.15. The molecule has 0 atom stereocenters. The van der Waals surface area contributed by atoms with Gasteiger partial charge in [0.25, 0.3) is 0 Å². The fourth-order valence-corrected chi connectivity index (χ4v) is 1.65. The molecule has 0 aliphatic carbocycles. The monoisotopic (exact) mass is 266 g/mol. The molecule has 0 aromatic heterocycles. The first-order valence-electron chi connectivity index (χ1n) is 5.90. The van der Waals surface area contributed by atoms with Crippen LogP contribution in [0.1, 0.15) is 12.5 Å². The van der Waals surface area contributed by atoms with Gasteiger partial charge in [0.15, 0.2) is 0 Å². The Morgan fingerprint density at radius 3 is 2.58 bits per heavy atom. The predicted octanol–water partition coefficient (Wildman–Crippen LogP) is 1.94. The van der Waals surface area contributed by atoms with Gasteiger partial charge in [-0.15, -0.1) is 0 Å². The Balaban J connectivity index is 2.75. The smallest absolute Gasteiger partial charge is 0.323 e. The van der Waals surface area contributed by atoms with Gasteiger partial charge >= 0.3 is 12.0 Å². The van der Waals surface area contributed by atoms with E-state index in [2.05, 4.69) is 5.32 Å². The van der Waals surface area contributed by atoms with Crippen LogP contribution in [0, 0.1) is 6.92 Å². The van der Waals surface area contributed by atoms with Crippen LogP contribution in [0.15, 0.2) is 18.2 Å². The Labute approximate surface area is 112 Å². The normalized spacial score (nSPS) is 9.84. The van der Waals surface area contributed by atoms with Crippen LogP contribution in [-0.4, -0.2) is 42.2 Å². The van der Waals surface area contributed by atoms with Gasteiger partial charge in [-0.1, -0.05) is 0 Å². The van der Waals surface area contributed by atoms with E-state index in [1.165, 1.54) is 4.90 Å². The summed E-state index contributed by atoms with van der Waals surface area (Å²) in [5.41, 5.74) is 1.49. The van der Waals surface area contributed by atoms with E-state index in [9.17, 15) is 9.59 Å². The van der Waals surface area contributed by atoms with E-state index in [4.69, 9.17) is 9.84 Å². The standard InChI is InChI=1S/C13H18N2O4/c1-4-15(8-12(16)17)13(18)14-10-5-6-11(19-3)9(2)7-10/h5-7H,4,8H2,1-3H3,(H,14,18)(H,16,17). The van der Waals surface area contributed by atoms with Crippen molar-refractivity contribution in [1.82, 2.24) is 4.90 Å². The Bertz CT molecular complexity index is 474. The Kier molecular flexibility index (Phi) is 5.17. The van der Waals surface area contributed by atoms with Crippen molar-refractivity contribution in [3.05, 3.63) is 23.8 Å². The number of likely N-dealkylation sites (N-methyl/N-ethyl adjacent to an activating group) is 1. The zero-order valence-corrected chi connectivity index (χ0v) is 11.3. The van der Waals surface area contributed by atoms with Crippen molar-refractivity contribution in [2.75, 3.05) is 25.5 Å². The van der Waals surface area contributed by atoms with Crippen LogP contribution < -0.4 is 10.1 Å². The maximum atomic E-state index is 11.9. The van der Waals surface area contributed by atoms with Crippen molar-refractivity contribution in [2.24, 2.45) is 0 Å². The number of aryl methyl sites for hydroxylation is 1. The van der Waals surface area contributed by atoms with E-state index in [0.717, 1.165) is 11.3 Å². The second kappa shape index (κ2) is 6.63. The van der Waals surface area contributed by atoms with Gasteiger partial charge < -0.3 is 20.1 Å². The quantitative estimate of drug-likeness (QED) is 0.853. The summed E-state index contributed by atoms with van der Waals surface area (Å²) in [6.07, 6.45) is 0. The minimum Gasteiger partial charge on any atom is -0.496 e. The molecule has 0 unspecified atom stereocenters. The highest BCUT2D eigenvalue weighted by molar-refractivity contribution is 5.91. The molecule has 6 nitrogen and oxygen atoms in total. The van der Waals surface area contributed by atoms with Crippen LogP contribution in [0.2, 0.25) is 0 Å². The third-order valence-corrected chi connectivity index (χ3v) is 2.64. The molecule has 0 heterocycles. The minimum atomic E-state index is -1.04. The number of carboxylic acid groups (broad SMARTS) is 1. The van der Waals surface area contributed by atoms with Crippen molar-refractivity contribution >= 4 is 17.7 Å². The van der Waals surface area contributed by atoms with E-state index in [1.807, 2.05) is 6.92 Å². The van der Waals surface area contributed by atoms with E-state index >= 15 is 0 Å². The van der Waals surface area contributed by atoms with Crippen LogP contribution in [0.3, 0.4) is 0 Å². The number of aliphatic carboxylic acids is 1. The highest BCUT2D eigenvalue weighted by atomic mass is 16.5. The molecule has 0 aliphatic rings. The zero-order chi connectivity index (χ0) is 14.4. The van der Waals surface area contributed by atoms with Crippen LogP contribution in [0.4, 0.5) is 10.5 Å². The number of rotatable bonds is 5. The van der Waals surface area contributed by atoms with Crippen molar-refractivity contribution in [3.8, 4) is 5.75 Å². The zero-order valence-electron chi connectivity index (χ0n) is 11.3. The number of hydrogen-bond acceptors (Lipinski definition) is 3. The fraction of sp³-hybridized carbons (Fsp3) is 0.385. The van der Waals surface area contributed by atoms with Crippen molar-refractivity contribution < 1.29 is 19.4 Å². The lowest BCUT2D eigenvalue weighted by Gasteiger charge is -2.19. The molecule has 0 radical (unpaired) electrons. The van der Waals surface area contributed by atoms with Crippen LogP contribution >= 0.6 is 0 Å². The van der Waals surface area contributed by atoms with Gasteiger partial charge in [-0.25, -0.2) is 4.79 Å². The number of anilines is 1. The Morgan fingerprint density at radius 2 is 2.11 bits per heavy atom. The summed E-state index contributed by atoms with van der Waals surface area (Å²) >= 11 is 0. The molecular formula is C13H18N2O4. The van der Waals surface area contributed by atoms with E-state index in [0.29, 0.717) is 12.2 Å². The number of nitrogens with one attached hydrogen (secondary N) is 1. The summed E-state index contributed by atoms with van der Waals surface area (Å²) in [6.45, 7) is 3.59. The van der Waals surface area contributed by atoms with Gasteiger partial charge in [-0.2, -0.15) is 0 Å². The summed E-state index contributed by atoms with van der Waals surface area (Å²) in [6, 6.07) is 4.79. The maximum absolute atomic E-state index is 11.9. The minimum absolute atomic E-state index is 0.322. The summed E-state index contributed by atoms with van der Waals surface area (Å²) in [5, 5.41) is 11.4. The number of amides is 2. The van der Waals surface area contributed by atoms with Gasteiger partial charge in [0.05, 0.1) is 7.11 Å². The van der Waals surface area contributed by atoms with Gasteiger partial charge in [-0.3, -0.25) is 4.79 Å². The van der Waals surface area contributed by atoms with Crippen molar-refractivity contribution in [3.63, 3.8) is 0 Å². The summed E-state index contributed by atoms with van der Waals surface area (Å²) in [4.78, 5) is 23.7. The molecule has 1 aromatic rings. The number of hydrogen-bond donors (Lipinski definition) is 2. The Morgan fingerprint density at radius 1 is 1.42 bits per heavy atom. The molecule has 0 bridgehead atoms. The molecule has 0 saturated carbocycles. The highest BCUT2D eigenvalue weighted by Crippen LogP contribution is 2.21. The number of methoxy groups -OCH3 is 1. The Hall–Kier alpha value is -2.24. The lowest BCUT2D eigenvalue weighted by atomic mass is 10.2. The third kappa shape index (κ3) is 4.17. The first kappa shape index (κ1) is 14.8. The van der Waals surface area contributed by atoms with Gasteiger partial charge in [0.1, 0.15) is 12.3 Å². The largest absolute Gasteiger partial charge is 0.496 e. The molecule has 0 saturated heterocycles. The summed E-state index contributed by atoms with van der Waals surface area (Å²) < 4.78 is 5.13. The number of benzene rings is 1. The third-order valence-electron chi connectivity index (χ3n) is 2.64. The van der Waals surface area contributed by atoms with Gasteiger partial charge in [-0.05, 0) is 37.6 Å². The number of nitrogens with zero attached hydrogens (tertiary/aromatic N) is 1. The number of carbonyl (C=O) groups is 2. The summed E-state index contributed by atoms with van der Waals surface area (Å²) in [5.74, 6) is -0.307. The first-order chi connectivity index (χ1) is 8.97. The lowest BCUT2D eigenvalue weighted by Crippen LogP contribution is -2.38. The SMILES string of the molecule is CCN(CC(=O)O)C(=O)Nc1ccc(OC)c(C)c1. The molecule has 0 spiro atoms. The first-order valence-corrected chi connectivity index (χ1v) is 5.90. The molecule has 104 valence electrons. The van der Waals surface area contributed by atoms with Crippen LogP contribution in [0.5, 0.6) is 5.75 Å². The number of carboxylic acids is 1. The van der Waals surface area contributed by atoms with Gasteiger partial charge in [0.2, 0.25) is 0 Å². The average molecular weight is 266 g/mol. The molecular weight excluding hydrogens is 248 g/mol.